The second-order valence-corrected chi connectivity index (χ2v) is 5.46. The van der Waals surface area contributed by atoms with E-state index < -0.39 is 11.6 Å². The highest BCUT2D eigenvalue weighted by Gasteiger charge is 2.08. The maximum Gasteiger partial charge on any atom is 0.234 e. The minimum absolute atomic E-state index is 0.0431. The second kappa shape index (κ2) is 7.57. The average Bonchev–Trinajstić information content (AvgIpc) is 2.50. The molecule has 2 aromatic carbocycles. The number of benzene rings is 2. The number of anilines is 1. The fraction of sp³-hybridized carbons (Fsp3) is 0.125. The summed E-state index contributed by atoms with van der Waals surface area (Å²) < 4.78 is 26.1. The quantitative estimate of drug-likeness (QED) is 0.914. The Morgan fingerprint density at radius 1 is 1.23 bits per heavy atom. The van der Waals surface area contributed by atoms with Gasteiger partial charge in [0.25, 0.3) is 0 Å². The summed E-state index contributed by atoms with van der Waals surface area (Å²) in [7, 11) is 0. The molecular weight excluding hydrogens is 306 g/mol. The van der Waals surface area contributed by atoms with E-state index in [1.54, 1.807) is 18.2 Å². The van der Waals surface area contributed by atoms with Crippen molar-refractivity contribution in [1.82, 2.24) is 0 Å². The van der Waals surface area contributed by atoms with Crippen molar-refractivity contribution in [3.8, 4) is 6.07 Å². The zero-order chi connectivity index (χ0) is 15.9. The molecule has 0 radical (unpaired) electrons. The van der Waals surface area contributed by atoms with Gasteiger partial charge in [0.1, 0.15) is 11.6 Å². The van der Waals surface area contributed by atoms with Crippen LogP contribution in [0.5, 0.6) is 0 Å². The molecule has 2 rings (SSSR count). The topological polar surface area (TPSA) is 52.9 Å². The van der Waals surface area contributed by atoms with Crippen molar-refractivity contribution in [2.45, 2.75) is 5.75 Å². The number of halogens is 2. The summed E-state index contributed by atoms with van der Waals surface area (Å²) in [6, 6.07) is 12.1. The normalized spacial score (nSPS) is 10.0. The molecule has 6 heteroatoms. The lowest BCUT2D eigenvalue weighted by Gasteiger charge is -2.06. The van der Waals surface area contributed by atoms with Gasteiger partial charge in [0.2, 0.25) is 5.91 Å². The molecule has 0 bridgehead atoms. The summed E-state index contributed by atoms with van der Waals surface area (Å²) in [5.41, 5.74) is 1.46. The summed E-state index contributed by atoms with van der Waals surface area (Å²) in [6.07, 6.45) is 0. The Morgan fingerprint density at radius 2 is 2.05 bits per heavy atom. The van der Waals surface area contributed by atoms with E-state index >= 15 is 0 Å². The van der Waals surface area contributed by atoms with Crippen molar-refractivity contribution in [3.63, 3.8) is 0 Å². The van der Waals surface area contributed by atoms with Gasteiger partial charge >= 0.3 is 0 Å². The van der Waals surface area contributed by atoms with Gasteiger partial charge in [-0.2, -0.15) is 5.26 Å². The van der Waals surface area contributed by atoms with Crippen LogP contribution in [0, 0.1) is 23.0 Å². The van der Waals surface area contributed by atoms with E-state index in [-0.39, 0.29) is 17.3 Å². The fourth-order valence-corrected chi connectivity index (χ4v) is 2.54. The van der Waals surface area contributed by atoms with Crippen LogP contribution in [-0.4, -0.2) is 11.7 Å². The van der Waals surface area contributed by atoms with Crippen LogP contribution in [-0.2, 0) is 10.5 Å². The fourth-order valence-electron chi connectivity index (χ4n) is 1.77. The first kappa shape index (κ1) is 16.0. The molecule has 3 nitrogen and oxygen atoms in total. The summed E-state index contributed by atoms with van der Waals surface area (Å²) in [6.45, 7) is 0. The zero-order valence-corrected chi connectivity index (χ0v) is 12.3. The number of nitrogens with zero attached hydrogens (tertiary/aromatic N) is 1. The standard InChI is InChI=1S/C16H12F2N2OS/c17-13-4-5-15(14(18)7-13)20-16(21)10-22-9-12-3-1-2-11(6-12)8-19/h1-7H,9-10H2,(H,20,21). The molecule has 1 N–H and O–H groups in total. The van der Waals surface area contributed by atoms with Gasteiger partial charge in [-0.1, -0.05) is 12.1 Å². The molecule has 112 valence electrons. The molecule has 1 amide bonds. The van der Waals surface area contributed by atoms with Crippen molar-refractivity contribution in [3.05, 3.63) is 65.2 Å². The molecule has 0 saturated heterocycles. The van der Waals surface area contributed by atoms with Gasteiger partial charge in [-0.05, 0) is 29.8 Å². The molecule has 0 aliphatic carbocycles. The van der Waals surface area contributed by atoms with E-state index in [1.165, 1.54) is 17.8 Å². The first-order chi connectivity index (χ1) is 10.6. The largest absolute Gasteiger partial charge is 0.323 e. The Balaban J connectivity index is 1.84. The highest BCUT2D eigenvalue weighted by Crippen LogP contribution is 2.17. The van der Waals surface area contributed by atoms with Crippen LogP contribution in [0.2, 0.25) is 0 Å². The van der Waals surface area contributed by atoms with Crippen LogP contribution in [0.15, 0.2) is 42.5 Å². The molecule has 0 unspecified atom stereocenters. The Labute approximate surface area is 131 Å². The number of hydrogen-bond acceptors (Lipinski definition) is 3. The molecule has 0 spiro atoms. The van der Waals surface area contributed by atoms with E-state index in [9.17, 15) is 13.6 Å². The van der Waals surface area contributed by atoms with Gasteiger partial charge in [0.15, 0.2) is 0 Å². The van der Waals surface area contributed by atoms with Gasteiger partial charge in [-0.3, -0.25) is 4.79 Å². The number of nitriles is 1. The molecule has 0 heterocycles. The number of amides is 1. The van der Waals surface area contributed by atoms with Gasteiger partial charge in [0, 0.05) is 11.8 Å². The molecule has 0 aliphatic rings. The van der Waals surface area contributed by atoms with Gasteiger partial charge < -0.3 is 5.32 Å². The van der Waals surface area contributed by atoms with Crippen molar-refractivity contribution in [1.29, 1.82) is 5.26 Å². The lowest BCUT2D eigenvalue weighted by Crippen LogP contribution is -2.15. The van der Waals surface area contributed by atoms with Gasteiger partial charge in [0.05, 0.1) is 23.1 Å². The SMILES string of the molecule is N#Cc1cccc(CSCC(=O)Nc2ccc(F)cc2F)c1. The maximum atomic E-state index is 13.4. The Morgan fingerprint density at radius 3 is 2.77 bits per heavy atom. The van der Waals surface area contributed by atoms with E-state index in [0.717, 1.165) is 17.7 Å². The predicted molar refractivity (Wildman–Crippen MR) is 82.3 cm³/mol. The molecule has 0 aliphatic heterocycles. The van der Waals surface area contributed by atoms with Crippen LogP contribution in [0.4, 0.5) is 14.5 Å². The minimum Gasteiger partial charge on any atom is -0.323 e. The molecule has 22 heavy (non-hydrogen) atoms. The lowest BCUT2D eigenvalue weighted by molar-refractivity contribution is -0.113. The lowest BCUT2D eigenvalue weighted by atomic mass is 10.2. The number of hydrogen-bond donors (Lipinski definition) is 1. The van der Waals surface area contributed by atoms with E-state index in [4.69, 9.17) is 5.26 Å². The molecule has 0 fully saturated rings. The van der Waals surface area contributed by atoms with Crippen LogP contribution >= 0.6 is 11.8 Å². The number of carbonyl (C=O) groups is 1. The first-order valence-electron chi connectivity index (χ1n) is 6.40. The molecular formula is C16H12F2N2OS. The Hall–Kier alpha value is -2.39. The summed E-state index contributed by atoms with van der Waals surface area (Å²) in [5, 5.41) is 11.2. The third kappa shape index (κ3) is 4.57. The highest BCUT2D eigenvalue weighted by molar-refractivity contribution is 7.99. The van der Waals surface area contributed by atoms with E-state index in [2.05, 4.69) is 5.32 Å². The summed E-state index contributed by atoms with van der Waals surface area (Å²) in [4.78, 5) is 11.7. The number of nitrogens with one attached hydrogen (secondary N) is 1. The number of carbonyl (C=O) groups excluding carboxylic acids is 1. The smallest absolute Gasteiger partial charge is 0.234 e. The van der Waals surface area contributed by atoms with Crippen LogP contribution in [0.1, 0.15) is 11.1 Å². The third-order valence-electron chi connectivity index (χ3n) is 2.76. The average molecular weight is 318 g/mol. The monoisotopic (exact) mass is 318 g/mol. The second-order valence-electron chi connectivity index (χ2n) is 4.48. The van der Waals surface area contributed by atoms with Crippen molar-refractivity contribution >= 4 is 23.4 Å². The van der Waals surface area contributed by atoms with Gasteiger partial charge in [-0.15, -0.1) is 11.8 Å². The van der Waals surface area contributed by atoms with E-state index in [1.807, 2.05) is 12.1 Å². The van der Waals surface area contributed by atoms with Crippen LogP contribution in [0.25, 0.3) is 0 Å². The van der Waals surface area contributed by atoms with Crippen LogP contribution < -0.4 is 5.32 Å². The molecule has 2 aromatic rings. The van der Waals surface area contributed by atoms with Crippen molar-refractivity contribution in [2.75, 3.05) is 11.1 Å². The summed E-state index contributed by atoms with van der Waals surface area (Å²) in [5.74, 6) is -1.17. The molecule has 0 saturated carbocycles. The first-order valence-corrected chi connectivity index (χ1v) is 7.55. The number of rotatable bonds is 5. The Kier molecular flexibility index (Phi) is 5.50. The summed E-state index contributed by atoms with van der Waals surface area (Å²) >= 11 is 1.34. The predicted octanol–water partition coefficient (Wildman–Crippen LogP) is 3.71. The maximum absolute atomic E-state index is 13.4. The number of thioether (sulfide) groups is 1. The van der Waals surface area contributed by atoms with Crippen molar-refractivity contribution in [2.24, 2.45) is 0 Å². The third-order valence-corrected chi connectivity index (χ3v) is 3.77. The highest BCUT2D eigenvalue weighted by atomic mass is 32.2. The molecule has 0 atom stereocenters. The minimum atomic E-state index is -0.805. The Bertz CT molecular complexity index is 728. The van der Waals surface area contributed by atoms with Crippen molar-refractivity contribution < 1.29 is 13.6 Å². The zero-order valence-electron chi connectivity index (χ0n) is 11.5. The van der Waals surface area contributed by atoms with Crippen LogP contribution in [0.3, 0.4) is 0 Å². The van der Waals surface area contributed by atoms with Gasteiger partial charge in [-0.25, -0.2) is 8.78 Å². The molecule has 0 aromatic heterocycles. The van der Waals surface area contributed by atoms with E-state index in [0.29, 0.717) is 11.3 Å².